The zero-order valence-electron chi connectivity index (χ0n) is 40.2. The number of carbonyl (C=O) groups excluding carboxylic acids is 1. The van der Waals surface area contributed by atoms with Gasteiger partial charge >= 0.3 is 13.8 Å². The average molecular weight is 895 g/mol. The Balaban J connectivity index is 4.34. The van der Waals surface area contributed by atoms with E-state index < -0.39 is 13.9 Å². The first-order chi connectivity index (χ1) is 30.6. The Bertz CT molecular complexity index is 1460. The molecule has 2 atom stereocenters. The van der Waals surface area contributed by atoms with Gasteiger partial charge in [0.15, 0.2) is 0 Å². The van der Waals surface area contributed by atoms with Crippen molar-refractivity contribution in [2.45, 2.75) is 148 Å². The van der Waals surface area contributed by atoms with Crippen LogP contribution >= 0.6 is 7.82 Å². The van der Waals surface area contributed by atoms with Gasteiger partial charge in [-0.3, -0.25) is 13.8 Å². The molecule has 1 N–H and O–H groups in total. The first kappa shape index (κ1) is 59.6. The van der Waals surface area contributed by atoms with Gasteiger partial charge in [-0.15, -0.1) is 0 Å². The van der Waals surface area contributed by atoms with Crippen LogP contribution in [0.1, 0.15) is 142 Å². The fraction of sp³-hybridized carbons (Fsp3) is 0.574. The van der Waals surface area contributed by atoms with Gasteiger partial charge in [-0.25, -0.2) is 4.57 Å². The Morgan fingerprint density at radius 2 is 0.873 bits per heavy atom. The Morgan fingerprint density at radius 1 is 0.492 bits per heavy atom. The van der Waals surface area contributed by atoms with E-state index in [4.69, 9.17) is 18.5 Å². The molecule has 0 aliphatic rings. The van der Waals surface area contributed by atoms with Crippen LogP contribution in [0.4, 0.5) is 0 Å². The van der Waals surface area contributed by atoms with Gasteiger partial charge in [-0.2, -0.15) is 0 Å². The van der Waals surface area contributed by atoms with Crippen molar-refractivity contribution in [3.05, 3.63) is 134 Å². The number of hydrogen-bond donors (Lipinski definition) is 1. The van der Waals surface area contributed by atoms with Gasteiger partial charge in [0, 0.05) is 6.42 Å². The second kappa shape index (κ2) is 45.2. The van der Waals surface area contributed by atoms with Gasteiger partial charge < -0.3 is 18.9 Å². The van der Waals surface area contributed by atoms with E-state index in [1.54, 1.807) is 0 Å². The lowest BCUT2D eigenvalue weighted by Crippen LogP contribution is -2.37. The predicted octanol–water partition coefficient (Wildman–Crippen LogP) is 14.7. The smallest absolute Gasteiger partial charge is 0.457 e. The van der Waals surface area contributed by atoms with E-state index in [1.807, 2.05) is 21.1 Å². The number of allylic oxidation sites excluding steroid dienone is 21. The minimum atomic E-state index is -4.31. The number of phosphoric ester groups is 1. The van der Waals surface area contributed by atoms with Gasteiger partial charge in [-0.1, -0.05) is 173 Å². The molecule has 0 spiro atoms. The zero-order chi connectivity index (χ0) is 46.2. The van der Waals surface area contributed by atoms with Gasteiger partial charge in [0.2, 0.25) is 0 Å². The van der Waals surface area contributed by atoms with Crippen LogP contribution in [0.3, 0.4) is 0 Å². The van der Waals surface area contributed by atoms with E-state index in [9.17, 15) is 14.3 Å². The number of esters is 1. The molecule has 0 radical (unpaired) electrons. The van der Waals surface area contributed by atoms with Crippen molar-refractivity contribution < 1.29 is 37.3 Å². The molecule has 0 aliphatic carbocycles. The number of carbonyl (C=O) groups is 1. The topological polar surface area (TPSA) is 91.3 Å². The van der Waals surface area contributed by atoms with Crippen LogP contribution in [0, 0.1) is 0 Å². The second-order valence-electron chi connectivity index (χ2n) is 16.4. The summed E-state index contributed by atoms with van der Waals surface area (Å²) in [6.45, 7) is 5.10. The number of ether oxygens (including phenoxy) is 2. The van der Waals surface area contributed by atoms with E-state index in [0.29, 0.717) is 24.1 Å². The molecule has 0 saturated heterocycles. The molecule has 0 aromatic carbocycles. The van der Waals surface area contributed by atoms with Crippen molar-refractivity contribution in [2.75, 3.05) is 54.1 Å². The fourth-order valence-electron chi connectivity index (χ4n) is 5.62. The minimum Gasteiger partial charge on any atom is -0.457 e. The summed E-state index contributed by atoms with van der Waals surface area (Å²) in [5, 5.41) is 0. The summed E-state index contributed by atoms with van der Waals surface area (Å²) in [5.74, 6) is -0.360. The maximum Gasteiger partial charge on any atom is 0.472 e. The van der Waals surface area contributed by atoms with Crippen LogP contribution in [0.15, 0.2) is 134 Å². The fourth-order valence-corrected chi connectivity index (χ4v) is 6.36. The Kier molecular flexibility index (Phi) is 42.8. The summed E-state index contributed by atoms with van der Waals surface area (Å²) in [6, 6.07) is 0. The molecular formula is C54H89NO7P+. The SMILES string of the molecule is CC/C=C\C/C=C\C/C=C\C/C=C\C/C=C\C/C=C\CCCCCCCCC(=O)OC(COCC/C=C\C/C=C\C/C=C\C/C=C\C/C=C\CC)COP(=O)(O)OCC[N+](C)(C)C. The number of hydrogen-bond acceptors (Lipinski definition) is 6. The molecule has 356 valence electrons. The number of nitrogens with zero attached hydrogens (tertiary/aromatic N) is 1. The van der Waals surface area contributed by atoms with Crippen LogP contribution < -0.4 is 0 Å². The number of quaternary nitrogens is 1. The Morgan fingerprint density at radius 3 is 1.30 bits per heavy atom. The molecule has 0 fully saturated rings. The highest BCUT2D eigenvalue weighted by atomic mass is 31.2. The molecule has 0 bridgehead atoms. The third kappa shape index (κ3) is 49.5. The highest BCUT2D eigenvalue weighted by Crippen LogP contribution is 2.43. The summed E-state index contributed by atoms with van der Waals surface area (Å²) >= 11 is 0. The van der Waals surface area contributed by atoms with Crippen LogP contribution in [-0.4, -0.2) is 75.6 Å². The number of rotatable bonds is 42. The third-order valence-electron chi connectivity index (χ3n) is 9.23. The van der Waals surface area contributed by atoms with Crippen molar-refractivity contribution in [1.82, 2.24) is 0 Å². The summed E-state index contributed by atoms with van der Waals surface area (Å²) in [7, 11) is 1.59. The Labute approximate surface area is 385 Å². The molecule has 0 saturated carbocycles. The van der Waals surface area contributed by atoms with E-state index in [-0.39, 0.29) is 32.2 Å². The lowest BCUT2D eigenvalue weighted by atomic mass is 10.1. The Hall–Kier alpha value is -3.36. The molecule has 0 heterocycles. The largest absolute Gasteiger partial charge is 0.472 e. The van der Waals surface area contributed by atoms with E-state index in [0.717, 1.165) is 103 Å². The molecule has 63 heavy (non-hydrogen) atoms. The summed E-state index contributed by atoms with van der Waals surface area (Å²) in [4.78, 5) is 23.0. The van der Waals surface area contributed by atoms with Crippen molar-refractivity contribution in [3.63, 3.8) is 0 Å². The molecule has 2 unspecified atom stereocenters. The predicted molar refractivity (Wildman–Crippen MR) is 270 cm³/mol. The highest BCUT2D eigenvalue weighted by Gasteiger charge is 2.26. The highest BCUT2D eigenvalue weighted by molar-refractivity contribution is 7.47. The normalized spacial score (nSPS) is 14.8. The van der Waals surface area contributed by atoms with E-state index in [1.165, 1.54) is 12.8 Å². The monoisotopic (exact) mass is 895 g/mol. The molecule has 0 aromatic heterocycles. The summed E-state index contributed by atoms with van der Waals surface area (Å²) < 4.78 is 34.9. The second-order valence-corrected chi connectivity index (χ2v) is 17.8. The number of unbranched alkanes of at least 4 members (excludes halogenated alkanes) is 6. The maximum absolute atomic E-state index is 12.7. The zero-order valence-corrected chi connectivity index (χ0v) is 41.1. The van der Waals surface area contributed by atoms with Crippen LogP contribution in [-0.2, 0) is 27.9 Å². The summed E-state index contributed by atoms with van der Waals surface area (Å²) in [6.07, 6.45) is 66.6. The molecule has 0 rings (SSSR count). The van der Waals surface area contributed by atoms with Gasteiger partial charge in [0.05, 0.1) is 41.0 Å². The van der Waals surface area contributed by atoms with Crippen LogP contribution in [0.25, 0.3) is 0 Å². The third-order valence-corrected chi connectivity index (χ3v) is 10.2. The van der Waals surface area contributed by atoms with E-state index in [2.05, 4.69) is 148 Å². The van der Waals surface area contributed by atoms with Crippen molar-refractivity contribution in [1.29, 1.82) is 0 Å². The van der Waals surface area contributed by atoms with Gasteiger partial charge in [0.1, 0.15) is 19.3 Å². The minimum absolute atomic E-state index is 0.0616. The molecule has 0 amide bonds. The first-order valence-electron chi connectivity index (χ1n) is 23.9. The lowest BCUT2D eigenvalue weighted by molar-refractivity contribution is -0.870. The van der Waals surface area contributed by atoms with Crippen molar-refractivity contribution in [3.8, 4) is 0 Å². The van der Waals surface area contributed by atoms with Gasteiger partial charge in [-0.05, 0) is 96.3 Å². The van der Waals surface area contributed by atoms with Gasteiger partial charge in [0.25, 0.3) is 0 Å². The van der Waals surface area contributed by atoms with E-state index >= 15 is 0 Å². The van der Waals surface area contributed by atoms with Crippen LogP contribution in [0.2, 0.25) is 0 Å². The van der Waals surface area contributed by atoms with Crippen molar-refractivity contribution >= 4 is 13.8 Å². The lowest BCUT2D eigenvalue weighted by Gasteiger charge is -2.24. The number of likely N-dealkylation sites (N-methyl/N-ethyl adjacent to an activating group) is 1. The quantitative estimate of drug-likeness (QED) is 0.0215. The maximum atomic E-state index is 12.7. The average Bonchev–Trinajstić information content (AvgIpc) is 3.24. The molecule has 9 heteroatoms. The molecule has 0 aliphatic heterocycles. The first-order valence-corrected chi connectivity index (χ1v) is 25.4. The van der Waals surface area contributed by atoms with Crippen LogP contribution in [0.5, 0.6) is 0 Å². The molecule has 8 nitrogen and oxygen atoms in total. The standard InChI is InChI=1S/C54H88NO7P/c1-6-8-10-12-14-16-18-20-22-24-25-26-27-28-29-30-31-32-33-35-37-39-41-43-45-47-54(56)62-53(52-61-63(57,58)60-50-48-55(3,4)5)51-59-49-46-44-42-40-38-36-34-23-21-19-17-15-13-11-9-7-2/h8-11,14-17,20-23,25-26,28-29,31-32,36,38,42,44,53H,6-7,12-13,18-19,24,27,30,33-35,37,39-41,43,45-52H2,1-5H3/p+1/b10-8-,11-9-,16-14-,17-15-,22-20-,23-21-,26-25-,29-28-,32-31-,38-36-,44-42-. The van der Waals surface area contributed by atoms with Crippen molar-refractivity contribution in [2.24, 2.45) is 0 Å². The molecular weight excluding hydrogens is 806 g/mol. The molecule has 0 aromatic rings. The number of phosphoric acid groups is 1. The summed E-state index contributed by atoms with van der Waals surface area (Å²) in [5.41, 5.74) is 0.